The van der Waals surface area contributed by atoms with Crippen LogP contribution in [0.5, 0.6) is 6.01 Å². The molecule has 1 amide bonds. The van der Waals surface area contributed by atoms with Crippen LogP contribution in [0.1, 0.15) is 13.3 Å². The average molecular weight is 297 g/mol. The summed E-state index contributed by atoms with van der Waals surface area (Å²) in [6.07, 6.45) is 1.25. The number of nitrogens with one attached hydrogen (secondary N) is 1. The standard InChI is InChI=1S/C11H15N5O5/c1-3-5-6-21-10-13-8(12)7(16(18)19)9(14-10)15-11(17)20-4-2/h3H,1,4-6H2,2H3,(H3,12,13,14,15,17). The van der Waals surface area contributed by atoms with Gasteiger partial charge in [0.05, 0.1) is 18.1 Å². The van der Waals surface area contributed by atoms with Gasteiger partial charge in [-0.2, -0.15) is 9.97 Å². The van der Waals surface area contributed by atoms with Gasteiger partial charge in [0.1, 0.15) is 0 Å². The molecule has 0 saturated heterocycles. The van der Waals surface area contributed by atoms with Crippen molar-refractivity contribution >= 4 is 23.4 Å². The quantitative estimate of drug-likeness (QED) is 0.333. The summed E-state index contributed by atoms with van der Waals surface area (Å²) in [5.41, 5.74) is 4.87. The molecule has 10 heteroatoms. The molecule has 0 saturated carbocycles. The number of carbonyl (C=O) groups excluding carboxylic acids is 1. The molecule has 0 unspecified atom stereocenters. The van der Waals surface area contributed by atoms with Crippen LogP contribution in [0.4, 0.5) is 22.1 Å². The molecule has 0 aliphatic heterocycles. The van der Waals surface area contributed by atoms with E-state index < -0.39 is 22.5 Å². The highest BCUT2D eigenvalue weighted by atomic mass is 16.6. The van der Waals surface area contributed by atoms with Gasteiger partial charge in [0, 0.05) is 0 Å². The Hall–Kier alpha value is -2.91. The molecule has 21 heavy (non-hydrogen) atoms. The van der Waals surface area contributed by atoms with E-state index in [-0.39, 0.29) is 25.0 Å². The number of rotatable bonds is 7. The smallest absolute Gasteiger partial charge is 0.412 e. The zero-order chi connectivity index (χ0) is 15.8. The predicted molar refractivity (Wildman–Crippen MR) is 74.1 cm³/mol. The molecule has 0 atom stereocenters. The van der Waals surface area contributed by atoms with E-state index in [0.717, 1.165) is 0 Å². The van der Waals surface area contributed by atoms with E-state index in [0.29, 0.717) is 6.42 Å². The van der Waals surface area contributed by atoms with E-state index in [1.54, 1.807) is 13.0 Å². The number of nitro groups is 1. The molecular weight excluding hydrogens is 282 g/mol. The van der Waals surface area contributed by atoms with Gasteiger partial charge in [-0.05, 0) is 13.3 Å². The van der Waals surface area contributed by atoms with Gasteiger partial charge in [-0.25, -0.2) is 4.79 Å². The van der Waals surface area contributed by atoms with E-state index in [1.165, 1.54) is 0 Å². The molecule has 0 aromatic carbocycles. The average Bonchev–Trinajstić information content (AvgIpc) is 2.38. The summed E-state index contributed by atoms with van der Waals surface area (Å²) >= 11 is 0. The van der Waals surface area contributed by atoms with Gasteiger partial charge in [-0.1, -0.05) is 6.08 Å². The number of amides is 1. The minimum absolute atomic E-state index is 0.100. The van der Waals surface area contributed by atoms with Crippen LogP contribution in [0.15, 0.2) is 12.7 Å². The molecule has 0 spiro atoms. The first kappa shape index (κ1) is 16.1. The lowest BCUT2D eigenvalue weighted by Gasteiger charge is -2.08. The fraction of sp³-hybridized carbons (Fsp3) is 0.364. The minimum Gasteiger partial charge on any atom is -0.463 e. The molecule has 0 radical (unpaired) electrons. The van der Waals surface area contributed by atoms with E-state index in [4.69, 9.17) is 10.5 Å². The molecule has 0 fully saturated rings. The molecule has 0 aliphatic rings. The van der Waals surface area contributed by atoms with Crippen LogP contribution in [0, 0.1) is 10.1 Å². The van der Waals surface area contributed by atoms with Gasteiger partial charge in [0.25, 0.3) is 0 Å². The van der Waals surface area contributed by atoms with Crippen molar-refractivity contribution in [2.75, 3.05) is 24.3 Å². The third-order valence-electron chi connectivity index (χ3n) is 2.12. The first-order chi connectivity index (χ1) is 9.99. The van der Waals surface area contributed by atoms with Crippen molar-refractivity contribution in [3.8, 4) is 6.01 Å². The summed E-state index contributed by atoms with van der Waals surface area (Å²) in [6.45, 7) is 5.43. The second-order valence-corrected chi connectivity index (χ2v) is 3.62. The molecular formula is C11H15N5O5. The Kier molecular flexibility index (Phi) is 5.86. The zero-order valence-electron chi connectivity index (χ0n) is 11.4. The molecule has 3 N–H and O–H groups in total. The van der Waals surface area contributed by atoms with Crippen LogP contribution >= 0.6 is 0 Å². The van der Waals surface area contributed by atoms with Crippen molar-refractivity contribution in [3.05, 3.63) is 22.8 Å². The van der Waals surface area contributed by atoms with Gasteiger partial charge < -0.3 is 15.2 Å². The van der Waals surface area contributed by atoms with Crippen LogP contribution in [-0.4, -0.2) is 34.2 Å². The first-order valence-corrected chi connectivity index (χ1v) is 5.99. The van der Waals surface area contributed by atoms with Gasteiger partial charge in [0.2, 0.25) is 11.6 Å². The van der Waals surface area contributed by atoms with Crippen LogP contribution in [-0.2, 0) is 4.74 Å². The fourth-order valence-electron chi connectivity index (χ4n) is 1.28. The summed E-state index contributed by atoms with van der Waals surface area (Å²) in [5.74, 6) is -0.810. The second-order valence-electron chi connectivity index (χ2n) is 3.62. The minimum atomic E-state index is -0.893. The highest BCUT2D eigenvalue weighted by Gasteiger charge is 2.25. The maximum Gasteiger partial charge on any atom is 0.412 e. The van der Waals surface area contributed by atoms with Crippen LogP contribution in [0.3, 0.4) is 0 Å². The first-order valence-electron chi connectivity index (χ1n) is 5.99. The number of hydrogen-bond acceptors (Lipinski definition) is 8. The Morgan fingerprint density at radius 2 is 2.29 bits per heavy atom. The SMILES string of the molecule is C=CCCOc1nc(N)c([N+](=O)[O-])c(NC(=O)OCC)n1. The van der Waals surface area contributed by atoms with Crippen molar-refractivity contribution in [3.63, 3.8) is 0 Å². The van der Waals surface area contributed by atoms with E-state index >= 15 is 0 Å². The normalized spacial score (nSPS) is 9.76. The Balaban J connectivity index is 3.06. The van der Waals surface area contributed by atoms with Gasteiger partial charge in [-0.15, -0.1) is 6.58 Å². The maximum absolute atomic E-state index is 11.4. The Bertz CT molecular complexity index is 548. The fourth-order valence-corrected chi connectivity index (χ4v) is 1.28. The number of carbonyl (C=O) groups is 1. The summed E-state index contributed by atoms with van der Waals surface area (Å²) < 4.78 is 9.79. The lowest BCUT2D eigenvalue weighted by atomic mass is 10.4. The Morgan fingerprint density at radius 3 is 2.86 bits per heavy atom. The molecule has 0 bridgehead atoms. The van der Waals surface area contributed by atoms with E-state index in [2.05, 4.69) is 26.6 Å². The number of ether oxygens (including phenoxy) is 2. The molecule has 1 aromatic heterocycles. The van der Waals surface area contributed by atoms with Gasteiger partial charge in [0.15, 0.2) is 0 Å². The highest BCUT2D eigenvalue weighted by molar-refractivity contribution is 5.88. The lowest BCUT2D eigenvalue weighted by molar-refractivity contribution is -0.383. The van der Waals surface area contributed by atoms with Crippen LogP contribution in [0.25, 0.3) is 0 Å². The highest BCUT2D eigenvalue weighted by Crippen LogP contribution is 2.29. The molecule has 10 nitrogen and oxygen atoms in total. The second kappa shape index (κ2) is 7.62. The number of aromatic nitrogens is 2. The largest absolute Gasteiger partial charge is 0.463 e. The molecule has 1 heterocycles. The molecule has 114 valence electrons. The summed E-state index contributed by atoms with van der Waals surface area (Å²) in [5, 5.41) is 13.1. The number of nitrogens with zero attached hydrogens (tertiary/aromatic N) is 3. The maximum atomic E-state index is 11.4. The number of nitrogen functional groups attached to an aromatic ring is 1. The van der Waals surface area contributed by atoms with Crippen LogP contribution in [0.2, 0.25) is 0 Å². The summed E-state index contributed by atoms with van der Waals surface area (Å²) in [6, 6.07) is -0.188. The third-order valence-corrected chi connectivity index (χ3v) is 2.12. The Morgan fingerprint density at radius 1 is 1.57 bits per heavy atom. The van der Waals surface area contributed by atoms with Crippen molar-refractivity contribution in [1.82, 2.24) is 9.97 Å². The van der Waals surface area contributed by atoms with Crippen molar-refractivity contribution in [1.29, 1.82) is 0 Å². The van der Waals surface area contributed by atoms with Crippen LogP contribution < -0.4 is 15.8 Å². The molecule has 0 aliphatic carbocycles. The van der Waals surface area contributed by atoms with Gasteiger partial charge >= 0.3 is 17.8 Å². The van der Waals surface area contributed by atoms with Crippen molar-refractivity contribution in [2.24, 2.45) is 0 Å². The number of nitrogens with two attached hydrogens (primary N) is 1. The molecule has 1 rings (SSSR count). The van der Waals surface area contributed by atoms with E-state index in [9.17, 15) is 14.9 Å². The van der Waals surface area contributed by atoms with E-state index in [1.807, 2.05) is 0 Å². The number of anilines is 2. The van der Waals surface area contributed by atoms with Gasteiger partial charge in [-0.3, -0.25) is 15.4 Å². The predicted octanol–water partition coefficient (Wildman–Crippen LogP) is 1.49. The topological polar surface area (TPSA) is 142 Å². The molecule has 1 aromatic rings. The summed E-state index contributed by atoms with van der Waals surface area (Å²) in [7, 11) is 0. The lowest BCUT2D eigenvalue weighted by Crippen LogP contribution is -2.17. The Labute approximate surface area is 120 Å². The van der Waals surface area contributed by atoms with Crippen molar-refractivity contribution in [2.45, 2.75) is 13.3 Å². The zero-order valence-corrected chi connectivity index (χ0v) is 11.4. The monoisotopic (exact) mass is 297 g/mol. The van der Waals surface area contributed by atoms with Crippen molar-refractivity contribution < 1.29 is 19.2 Å². The third kappa shape index (κ3) is 4.60. The summed E-state index contributed by atoms with van der Waals surface area (Å²) in [4.78, 5) is 28.9. The number of hydrogen-bond donors (Lipinski definition) is 2.